The monoisotopic (exact) mass is 288 g/mol. The molecule has 5 nitrogen and oxygen atoms in total. The number of aromatic nitrogens is 1. The highest BCUT2D eigenvalue weighted by Crippen LogP contribution is 2.32. The molecule has 0 saturated carbocycles. The zero-order valence-corrected chi connectivity index (χ0v) is 12.4. The zero-order valence-electron chi connectivity index (χ0n) is 12.4. The van der Waals surface area contributed by atoms with E-state index < -0.39 is 0 Å². The first-order valence-corrected chi connectivity index (χ1v) is 7.20. The van der Waals surface area contributed by atoms with Crippen LogP contribution in [0.25, 0.3) is 10.9 Å². The van der Waals surface area contributed by atoms with Crippen LogP contribution < -0.4 is 10.9 Å². The van der Waals surface area contributed by atoms with Gasteiger partial charge in [0.15, 0.2) is 0 Å². The number of fused-ring (bicyclic) bond motifs is 3. The minimum absolute atomic E-state index is 0.000963. The fourth-order valence-electron chi connectivity index (χ4n) is 3.16. The van der Waals surface area contributed by atoms with E-state index in [9.17, 15) is 9.90 Å². The standard InChI is InChI=1S/C16H20N2O3/c1-10-6-11(8-19)7-13-14(10)15-12(4-3-5-17-15)16(20)18(13)9-21-2/h6-7,17,19H,3-5,8-9H2,1-2H3. The summed E-state index contributed by atoms with van der Waals surface area (Å²) in [6.45, 7) is 3.08. The third-order valence-electron chi connectivity index (χ3n) is 4.07. The number of aliphatic hydroxyl groups is 1. The average Bonchev–Trinajstić information content (AvgIpc) is 2.50. The molecule has 1 aliphatic rings. The summed E-state index contributed by atoms with van der Waals surface area (Å²) in [4.78, 5) is 12.7. The van der Waals surface area contributed by atoms with E-state index in [1.165, 1.54) is 0 Å². The molecule has 0 spiro atoms. The van der Waals surface area contributed by atoms with Crippen molar-refractivity contribution in [2.24, 2.45) is 0 Å². The highest BCUT2D eigenvalue weighted by molar-refractivity contribution is 5.96. The van der Waals surface area contributed by atoms with Gasteiger partial charge in [-0.25, -0.2) is 0 Å². The molecule has 0 atom stereocenters. The van der Waals surface area contributed by atoms with E-state index in [1.807, 2.05) is 19.1 Å². The number of hydrogen-bond donors (Lipinski definition) is 2. The summed E-state index contributed by atoms with van der Waals surface area (Å²) >= 11 is 0. The number of aryl methyl sites for hydroxylation is 1. The van der Waals surface area contributed by atoms with Gasteiger partial charge in [0.1, 0.15) is 6.73 Å². The molecule has 0 bridgehead atoms. The van der Waals surface area contributed by atoms with Gasteiger partial charge in [-0.15, -0.1) is 0 Å². The van der Waals surface area contributed by atoms with Crippen molar-refractivity contribution in [3.05, 3.63) is 39.2 Å². The number of anilines is 1. The molecule has 2 N–H and O–H groups in total. The summed E-state index contributed by atoms with van der Waals surface area (Å²) in [5, 5.41) is 13.8. The Morgan fingerprint density at radius 2 is 2.24 bits per heavy atom. The molecule has 2 aromatic rings. The molecule has 1 aliphatic heterocycles. The number of nitrogens with zero attached hydrogens (tertiary/aromatic N) is 1. The summed E-state index contributed by atoms with van der Waals surface area (Å²) in [5.74, 6) is 0. The lowest BCUT2D eigenvalue weighted by Gasteiger charge is -2.23. The molecule has 5 heteroatoms. The van der Waals surface area contributed by atoms with Gasteiger partial charge in [-0.2, -0.15) is 0 Å². The third kappa shape index (κ3) is 2.22. The SMILES string of the molecule is COCn1c(=O)c2c(c3c(C)cc(CO)cc31)NCCC2. The van der Waals surface area contributed by atoms with E-state index in [4.69, 9.17) is 4.74 Å². The van der Waals surface area contributed by atoms with Crippen molar-refractivity contribution < 1.29 is 9.84 Å². The number of methoxy groups -OCH3 is 1. The molecule has 0 saturated heterocycles. The lowest BCUT2D eigenvalue weighted by atomic mass is 9.97. The molecule has 0 unspecified atom stereocenters. The molecular formula is C16H20N2O3. The first kappa shape index (κ1) is 14.1. The van der Waals surface area contributed by atoms with Crippen molar-refractivity contribution in [2.45, 2.75) is 33.1 Å². The second kappa shape index (κ2) is 5.50. The van der Waals surface area contributed by atoms with Gasteiger partial charge >= 0.3 is 0 Å². The number of benzene rings is 1. The number of aliphatic hydroxyl groups excluding tert-OH is 1. The maximum atomic E-state index is 12.7. The van der Waals surface area contributed by atoms with Crippen molar-refractivity contribution in [1.82, 2.24) is 4.57 Å². The Balaban J connectivity index is 2.44. The minimum Gasteiger partial charge on any atom is -0.392 e. The van der Waals surface area contributed by atoms with E-state index in [-0.39, 0.29) is 18.9 Å². The number of rotatable bonds is 3. The Kier molecular flexibility index (Phi) is 3.69. The van der Waals surface area contributed by atoms with Gasteiger partial charge in [-0.3, -0.25) is 9.36 Å². The van der Waals surface area contributed by atoms with E-state index in [1.54, 1.807) is 11.7 Å². The molecule has 0 fully saturated rings. The van der Waals surface area contributed by atoms with E-state index in [0.717, 1.165) is 52.7 Å². The highest BCUT2D eigenvalue weighted by Gasteiger charge is 2.20. The predicted octanol–water partition coefficient (Wildman–Crippen LogP) is 1.76. The second-order valence-corrected chi connectivity index (χ2v) is 5.50. The molecule has 3 rings (SSSR count). The Bertz CT molecular complexity index is 749. The summed E-state index contributed by atoms with van der Waals surface area (Å²) in [5.41, 5.74) is 4.48. The largest absolute Gasteiger partial charge is 0.392 e. The van der Waals surface area contributed by atoms with Crippen LogP contribution in [0.4, 0.5) is 5.69 Å². The Hall–Kier alpha value is -1.85. The van der Waals surface area contributed by atoms with Gasteiger partial charge in [-0.05, 0) is 37.0 Å². The van der Waals surface area contributed by atoms with Crippen LogP contribution in [0.5, 0.6) is 0 Å². The van der Waals surface area contributed by atoms with Gasteiger partial charge in [0.05, 0.1) is 17.8 Å². The first-order valence-electron chi connectivity index (χ1n) is 7.20. The normalized spacial score (nSPS) is 14.0. The number of nitrogens with one attached hydrogen (secondary N) is 1. The molecule has 21 heavy (non-hydrogen) atoms. The molecule has 0 radical (unpaired) electrons. The van der Waals surface area contributed by atoms with Crippen LogP contribution in [0.15, 0.2) is 16.9 Å². The molecule has 0 aliphatic carbocycles. The number of hydrogen-bond acceptors (Lipinski definition) is 4. The van der Waals surface area contributed by atoms with Crippen LogP contribution in [0.2, 0.25) is 0 Å². The van der Waals surface area contributed by atoms with Crippen LogP contribution in [0.1, 0.15) is 23.1 Å². The molecule has 112 valence electrons. The summed E-state index contributed by atoms with van der Waals surface area (Å²) < 4.78 is 6.86. The smallest absolute Gasteiger partial charge is 0.258 e. The fourth-order valence-corrected chi connectivity index (χ4v) is 3.16. The van der Waals surface area contributed by atoms with Gasteiger partial charge in [0.2, 0.25) is 0 Å². The van der Waals surface area contributed by atoms with Gasteiger partial charge in [0, 0.05) is 24.6 Å². The van der Waals surface area contributed by atoms with E-state index >= 15 is 0 Å². The van der Waals surface area contributed by atoms with Crippen LogP contribution >= 0.6 is 0 Å². The third-order valence-corrected chi connectivity index (χ3v) is 4.07. The van der Waals surface area contributed by atoms with Crippen molar-refractivity contribution in [1.29, 1.82) is 0 Å². The van der Waals surface area contributed by atoms with Gasteiger partial charge < -0.3 is 15.2 Å². The van der Waals surface area contributed by atoms with Crippen LogP contribution in [-0.4, -0.2) is 23.3 Å². The van der Waals surface area contributed by atoms with Crippen LogP contribution in [0, 0.1) is 6.92 Å². The van der Waals surface area contributed by atoms with Crippen LogP contribution in [0.3, 0.4) is 0 Å². The minimum atomic E-state index is -0.0392. The van der Waals surface area contributed by atoms with E-state index in [0.29, 0.717) is 0 Å². The summed E-state index contributed by atoms with van der Waals surface area (Å²) in [6, 6.07) is 3.85. The van der Waals surface area contributed by atoms with Crippen molar-refractivity contribution >= 4 is 16.6 Å². The molecule has 1 aromatic heterocycles. The number of ether oxygens (including phenoxy) is 1. The van der Waals surface area contributed by atoms with Gasteiger partial charge in [0.25, 0.3) is 5.56 Å². The molecule has 0 amide bonds. The predicted molar refractivity (Wildman–Crippen MR) is 82.7 cm³/mol. The lowest BCUT2D eigenvalue weighted by molar-refractivity contribution is 0.131. The summed E-state index contributed by atoms with van der Waals surface area (Å²) in [6.07, 6.45) is 1.76. The molecule has 1 aromatic carbocycles. The Morgan fingerprint density at radius 1 is 1.43 bits per heavy atom. The Morgan fingerprint density at radius 3 is 2.95 bits per heavy atom. The fraction of sp³-hybridized carbons (Fsp3) is 0.438. The van der Waals surface area contributed by atoms with Crippen molar-refractivity contribution in [3.63, 3.8) is 0 Å². The topological polar surface area (TPSA) is 63.5 Å². The highest BCUT2D eigenvalue weighted by atomic mass is 16.5. The van der Waals surface area contributed by atoms with Crippen molar-refractivity contribution in [3.8, 4) is 0 Å². The molecular weight excluding hydrogens is 268 g/mol. The average molecular weight is 288 g/mol. The number of pyridine rings is 1. The summed E-state index contributed by atoms with van der Waals surface area (Å²) in [7, 11) is 1.58. The first-order chi connectivity index (χ1) is 10.2. The van der Waals surface area contributed by atoms with Gasteiger partial charge in [-0.1, -0.05) is 6.07 Å². The van der Waals surface area contributed by atoms with Crippen molar-refractivity contribution in [2.75, 3.05) is 19.0 Å². The lowest BCUT2D eigenvalue weighted by Crippen LogP contribution is -2.29. The molecule has 2 heterocycles. The second-order valence-electron chi connectivity index (χ2n) is 5.50. The van der Waals surface area contributed by atoms with Crippen LogP contribution in [-0.2, 0) is 24.5 Å². The maximum Gasteiger partial charge on any atom is 0.258 e. The van der Waals surface area contributed by atoms with E-state index in [2.05, 4.69) is 5.32 Å². The zero-order chi connectivity index (χ0) is 15.0. The quantitative estimate of drug-likeness (QED) is 0.903. The maximum absolute atomic E-state index is 12.7. The Labute approximate surface area is 123 Å².